The van der Waals surface area contributed by atoms with Gasteiger partial charge in [-0.2, -0.15) is 4.98 Å². The molecule has 1 heterocycles. The van der Waals surface area contributed by atoms with Crippen molar-refractivity contribution in [3.05, 3.63) is 69.6 Å². The van der Waals surface area contributed by atoms with Crippen molar-refractivity contribution in [1.29, 1.82) is 0 Å². The molecule has 7 nitrogen and oxygen atoms in total. The number of nitrogens with zero attached hydrogens (tertiary/aromatic N) is 3. The maximum atomic E-state index is 12.6. The number of nitrogens with one attached hydrogen (secondary N) is 1. The highest BCUT2D eigenvalue weighted by Gasteiger charge is 2.30. The molecule has 156 valence electrons. The number of hydrogen-bond acceptors (Lipinski definition) is 5. The highest BCUT2D eigenvalue weighted by Crippen LogP contribution is 2.27. The van der Waals surface area contributed by atoms with Crippen molar-refractivity contribution < 1.29 is 9.53 Å². The highest BCUT2D eigenvalue weighted by molar-refractivity contribution is 6.33. The Balaban J connectivity index is 1.96. The highest BCUT2D eigenvalue weighted by atomic mass is 35.5. The second kappa shape index (κ2) is 8.77. The molecule has 0 spiro atoms. The van der Waals surface area contributed by atoms with E-state index in [9.17, 15) is 9.59 Å². The van der Waals surface area contributed by atoms with Crippen molar-refractivity contribution >= 4 is 17.5 Å². The van der Waals surface area contributed by atoms with Crippen molar-refractivity contribution in [3.8, 4) is 22.8 Å². The number of benzene rings is 2. The minimum Gasteiger partial charge on any atom is -0.369 e. The van der Waals surface area contributed by atoms with Gasteiger partial charge in [0.15, 0.2) is 5.82 Å². The fourth-order valence-corrected chi connectivity index (χ4v) is 3.18. The number of aromatic nitrogens is 3. The fourth-order valence-electron chi connectivity index (χ4n) is 2.97. The second-order valence-corrected chi connectivity index (χ2v) is 7.79. The van der Waals surface area contributed by atoms with Crippen LogP contribution in [0.15, 0.2) is 53.3 Å². The van der Waals surface area contributed by atoms with E-state index < -0.39 is 11.3 Å². The number of amides is 1. The molecule has 0 aliphatic heterocycles. The summed E-state index contributed by atoms with van der Waals surface area (Å²) in [5.74, 6) is 0.472. The van der Waals surface area contributed by atoms with Crippen LogP contribution in [0.1, 0.15) is 19.4 Å². The number of carbonyl (C=O) groups excluding carboxylic acids is 1. The molecule has 30 heavy (non-hydrogen) atoms. The Morgan fingerprint density at radius 2 is 1.87 bits per heavy atom. The van der Waals surface area contributed by atoms with E-state index in [1.165, 1.54) is 7.11 Å². The molecule has 1 amide bonds. The van der Waals surface area contributed by atoms with E-state index in [0.29, 0.717) is 28.8 Å². The van der Waals surface area contributed by atoms with Crippen molar-refractivity contribution in [3.63, 3.8) is 0 Å². The Morgan fingerprint density at radius 3 is 2.53 bits per heavy atom. The van der Waals surface area contributed by atoms with Gasteiger partial charge in [0.25, 0.3) is 5.91 Å². The summed E-state index contributed by atoms with van der Waals surface area (Å²) in [6.45, 7) is 3.78. The molecular weight excluding hydrogens is 404 g/mol. The monoisotopic (exact) mass is 426 g/mol. The number of likely N-dealkylation sites (N-methyl/N-ethyl adjacent to an activating group) is 1. The normalized spacial score (nSPS) is 11.4. The van der Waals surface area contributed by atoms with Gasteiger partial charge in [0, 0.05) is 31.8 Å². The first kappa shape index (κ1) is 21.7. The summed E-state index contributed by atoms with van der Waals surface area (Å²) in [6, 6.07) is 14.6. The van der Waals surface area contributed by atoms with Crippen LogP contribution >= 0.6 is 11.6 Å². The van der Waals surface area contributed by atoms with E-state index in [0.717, 1.165) is 11.1 Å². The number of halogens is 1. The maximum Gasteiger partial charge on any atom is 0.348 e. The third-order valence-corrected chi connectivity index (χ3v) is 5.09. The Bertz CT molecular complexity index is 1110. The summed E-state index contributed by atoms with van der Waals surface area (Å²) < 4.78 is 5.27. The average molecular weight is 427 g/mol. The minimum atomic E-state index is -0.924. The summed E-state index contributed by atoms with van der Waals surface area (Å²) >= 11 is 6.39. The van der Waals surface area contributed by atoms with E-state index in [-0.39, 0.29) is 5.91 Å². The zero-order valence-electron chi connectivity index (χ0n) is 17.3. The van der Waals surface area contributed by atoms with Crippen LogP contribution in [0.5, 0.6) is 0 Å². The fraction of sp³-hybridized carbons (Fsp3) is 0.273. The van der Waals surface area contributed by atoms with Gasteiger partial charge in [0.1, 0.15) is 11.4 Å². The largest absolute Gasteiger partial charge is 0.369 e. The molecule has 0 fully saturated rings. The third-order valence-electron chi connectivity index (χ3n) is 4.76. The molecule has 1 N–H and O–H groups in total. The van der Waals surface area contributed by atoms with E-state index in [1.807, 2.05) is 36.4 Å². The van der Waals surface area contributed by atoms with Gasteiger partial charge < -0.3 is 9.64 Å². The SMILES string of the molecule is COC(C)(C)C(=O)N(C)Cc1ccc(Cl)c(-c2nc(-c3ccccc3)nc(=O)[nH]2)c1. The summed E-state index contributed by atoms with van der Waals surface area (Å²) in [5.41, 5.74) is 0.668. The third kappa shape index (κ3) is 4.75. The van der Waals surface area contributed by atoms with Crippen LogP contribution in [0.25, 0.3) is 22.8 Å². The lowest BCUT2D eigenvalue weighted by Crippen LogP contribution is -2.44. The predicted octanol–water partition coefficient (Wildman–Crippen LogP) is 3.54. The molecule has 0 aliphatic carbocycles. The van der Waals surface area contributed by atoms with Gasteiger partial charge in [-0.1, -0.05) is 48.0 Å². The van der Waals surface area contributed by atoms with Gasteiger partial charge >= 0.3 is 5.69 Å². The van der Waals surface area contributed by atoms with Crippen molar-refractivity contribution in [2.45, 2.75) is 26.0 Å². The Kier molecular flexibility index (Phi) is 6.34. The van der Waals surface area contributed by atoms with Crippen LogP contribution < -0.4 is 5.69 Å². The topological polar surface area (TPSA) is 88.2 Å². The van der Waals surface area contributed by atoms with Gasteiger partial charge in [0.05, 0.1) is 5.02 Å². The Labute approximate surface area is 179 Å². The summed E-state index contributed by atoms with van der Waals surface area (Å²) in [7, 11) is 3.21. The van der Waals surface area contributed by atoms with E-state index in [1.54, 1.807) is 37.9 Å². The molecule has 0 saturated heterocycles. The lowest BCUT2D eigenvalue weighted by Gasteiger charge is -2.28. The predicted molar refractivity (Wildman–Crippen MR) is 116 cm³/mol. The number of ether oxygens (including phenoxy) is 1. The molecule has 2 aromatic carbocycles. The molecule has 3 rings (SSSR count). The first-order valence-corrected chi connectivity index (χ1v) is 9.72. The lowest BCUT2D eigenvalue weighted by molar-refractivity contribution is -0.150. The van der Waals surface area contributed by atoms with E-state index in [2.05, 4.69) is 15.0 Å². The van der Waals surface area contributed by atoms with Crippen LogP contribution in [0.3, 0.4) is 0 Å². The first-order valence-electron chi connectivity index (χ1n) is 9.34. The maximum absolute atomic E-state index is 12.6. The second-order valence-electron chi connectivity index (χ2n) is 7.38. The first-order chi connectivity index (χ1) is 14.2. The number of methoxy groups -OCH3 is 1. The van der Waals surface area contributed by atoms with Gasteiger partial charge in [-0.05, 0) is 31.5 Å². The van der Waals surface area contributed by atoms with Crippen LogP contribution in [0.2, 0.25) is 5.02 Å². The van der Waals surface area contributed by atoms with Gasteiger partial charge in [-0.15, -0.1) is 0 Å². The smallest absolute Gasteiger partial charge is 0.348 e. The summed E-state index contributed by atoms with van der Waals surface area (Å²) in [6.07, 6.45) is 0. The molecule has 0 radical (unpaired) electrons. The molecule has 0 saturated carbocycles. The zero-order chi connectivity index (χ0) is 21.9. The summed E-state index contributed by atoms with van der Waals surface area (Å²) in [4.78, 5) is 37.4. The number of hydrogen-bond donors (Lipinski definition) is 1. The van der Waals surface area contributed by atoms with Gasteiger partial charge in [-0.25, -0.2) is 9.78 Å². The van der Waals surface area contributed by atoms with Crippen LogP contribution in [0, 0.1) is 0 Å². The van der Waals surface area contributed by atoms with E-state index in [4.69, 9.17) is 16.3 Å². The quantitative estimate of drug-likeness (QED) is 0.651. The van der Waals surface area contributed by atoms with Crippen molar-refractivity contribution in [2.75, 3.05) is 14.2 Å². The van der Waals surface area contributed by atoms with Gasteiger partial charge in [-0.3, -0.25) is 9.78 Å². The van der Waals surface area contributed by atoms with Crippen LogP contribution in [-0.4, -0.2) is 45.5 Å². The number of carbonyl (C=O) groups is 1. The molecule has 0 atom stereocenters. The number of H-pyrrole nitrogens is 1. The number of rotatable bonds is 6. The van der Waals surface area contributed by atoms with Crippen LogP contribution in [0.4, 0.5) is 0 Å². The average Bonchev–Trinajstić information content (AvgIpc) is 2.74. The minimum absolute atomic E-state index is 0.150. The van der Waals surface area contributed by atoms with Crippen LogP contribution in [-0.2, 0) is 16.1 Å². The molecule has 0 aliphatic rings. The molecule has 8 heteroatoms. The molecule has 0 unspecified atom stereocenters. The van der Waals surface area contributed by atoms with E-state index >= 15 is 0 Å². The lowest BCUT2D eigenvalue weighted by atomic mass is 10.1. The molecule has 0 bridgehead atoms. The van der Waals surface area contributed by atoms with Crippen molar-refractivity contribution in [2.24, 2.45) is 0 Å². The molecular formula is C22H23ClN4O3. The van der Waals surface area contributed by atoms with Gasteiger partial charge in [0.2, 0.25) is 0 Å². The zero-order valence-corrected chi connectivity index (χ0v) is 18.0. The Morgan fingerprint density at radius 1 is 1.17 bits per heavy atom. The summed E-state index contributed by atoms with van der Waals surface area (Å²) in [5, 5.41) is 0.429. The number of aromatic amines is 1. The van der Waals surface area contributed by atoms with Crippen molar-refractivity contribution in [1.82, 2.24) is 19.9 Å². The molecule has 1 aromatic heterocycles. The standard InChI is InChI=1S/C22H23ClN4O3/c1-22(2,30-4)20(28)27(3)13-14-10-11-17(23)16(12-14)19-24-18(25-21(29)26-19)15-8-6-5-7-9-15/h5-12H,13H2,1-4H3,(H,24,25,26,29). The molecule has 3 aromatic rings. The Hall–Kier alpha value is -3.03.